The fourth-order valence-corrected chi connectivity index (χ4v) is 4.40. The standard InChI is InChI=1S/C22H27ClFN3O4S/c1-5-19(22(29)25-3)26(13-16-9-11-17(24)12-10-16)21(28)14-27(32(4,30)31)20-8-6-7-18(23)15(20)2/h6-12,19H,5,13-14H2,1-4H3,(H,25,29). The maximum atomic E-state index is 13.4. The largest absolute Gasteiger partial charge is 0.357 e. The molecule has 0 fully saturated rings. The van der Waals surface area contributed by atoms with Crippen LogP contribution in [-0.2, 0) is 26.2 Å². The molecule has 174 valence electrons. The Kier molecular flexibility index (Phi) is 8.63. The normalized spacial score (nSPS) is 12.2. The van der Waals surface area contributed by atoms with E-state index in [1.807, 2.05) is 0 Å². The third-order valence-corrected chi connectivity index (χ3v) is 6.62. The van der Waals surface area contributed by atoms with E-state index in [4.69, 9.17) is 11.6 Å². The number of carbonyl (C=O) groups is 2. The van der Waals surface area contributed by atoms with Crippen molar-refractivity contribution in [2.75, 3.05) is 24.2 Å². The lowest BCUT2D eigenvalue weighted by Crippen LogP contribution is -2.51. The van der Waals surface area contributed by atoms with Crippen molar-refractivity contribution in [3.05, 3.63) is 64.4 Å². The molecule has 0 spiro atoms. The van der Waals surface area contributed by atoms with Gasteiger partial charge in [0, 0.05) is 18.6 Å². The van der Waals surface area contributed by atoms with E-state index in [1.54, 1.807) is 32.0 Å². The second-order valence-electron chi connectivity index (χ2n) is 7.34. The Morgan fingerprint density at radius 3 is 2.31 bits per heavy atom. The summed E-state index contributed by atoms with van der Waals surface area (Å²) in [6, 6.07) is 9.51. The molecule has 0 aliphatic rings. The third-order valence-electron chi connectivity index (χ3n) is 5.09. The van der Waals surface area contributed by atoms with Crippen molar-refractivity contribution >= 4 is 39.1 Å². The third kappa shape index (κ3) is 6.20. The lowest BCUT2D eigenvalue weighted by Gasteiger charge is -2.33. The molecule has 0 heterocycles. The van der Waals surface area contributed by atoms with Crippen LogP contribution in [0.4, 0.5) is 10.1 Å². The van der Waals surface area contributed by atoms with Gasteiger partial charge in [-0.05, 0) is 48.7 Å². The zero-order valence-electron chi connectivity index (χ0n) is 18.4. The first-order chi connectivity index (χ1) is 15.0. The number of amides is 2. The SMILES string of the molecule is CCC(C(=O)NC)N(Cc1ccc(F)cc1)C(=O)CN(c1cccc(Cl)c1C)S(C)(=O)=O. The number of hydrogen-bond acceptors (Lipinski definition) is 4. The van der Waals surface area contributed by atoms with Gasteiger partial charge in [-0.25, -0.2) is 12.8 Å². The Morgan fingerprint density at radius 1 is 1.16 bits per heavy atom. The van der Waals surface area contributed by atoms with Crippen LogP contribution in [0.15, 0.2) is 42.5 Å². The molecule has 1 atom stereocenters. The summed E-state index contributed by atoms with van der Waals surface area (Å²) in [7, 11) is -2.38. The molecule has 1 N–H and O–H groups in total. The average Bonchev–Trinajstić information content (AvgIpc) is 2.74. The molecule has 2 aromatic rings. The van der Waals surface area contributed by atoms with Crippen LogP contribution < -0.4 is 9.62 Å². The summed E-state index contributed by atoms with van der Waals surface area (Å²) in [4.78, 5) is 27.2. The zero-order chi connectivity index (χ0) is 24.1. The van der Waals surface area contributed by atoms with Gasteiger partial charge in [0.05, 0.1) is 11.9 Å². The Bertz CT molecular complexity index is 1080. The van der Waals surface area contributed by atoms with Gasteiger partial charge in [-0.1, -0.05) is 36.7 Å². The van der Waals surface area contributed by atoms with E-state index in [0.717, 1.165) is 10.6 Å². The van der Waals surface area contributed by atoms with Crippen molar-refractivity contribution in [3.63, 3.8) is 0 Å². The van der Waals surface area contributed by atoms with Gasteiger partial charge in [-0.2, -0.15) is 0 Å². The van der Waals surface area contributed by atoms with Crippen LogP contribution in [0.1, 0.15) is 24.5 Å². The van der Waals surface area contributed by atoms with Crippen molar-refractivity contribution in [2.24, 2.45) is 0 Å². The molecule has 0 aliphatic heterocycles. The molecule has 32 heavy (non-hydrogen) atoms. The van der Waals surface area contributed by atoms with E-state index < -0.39 is 34.3 Å². The highest BCUT2D eigenvalue weighted by Crippen LogP contribution is 2.28. The smallest absolute Gasteiger partial charge is 0.244 e. The molecular formula is C22H27ClFN3O4S. The summed E-state index contributed by atoms with van der Waals surface area (Å²) in [5.41, 5.74) is 1.39. The Hall–Kier alpha value is -2.65. The summed E-state index contributed by atoms with van der Waals surface area (Å²) in [5, 5.41) is 2.90. The molecule has 0 aliphatic carbocycles. The summed E-state index contributed by atoms with van der Waals surface area (Å²) in [5.74, 6) is -1.38. The number of halogens is 2. The van der Waals surface area contributed by atoms with Gasteiger partial charge in [0.15, 0.2) is 0 Å². The zero-order valence-corrected chi connectivity index (χ0v) is 20.0. The number of sulfonamides is 1. The van der Waals surface area contributed by atoms with Crippen molar-refractivity contribution < 1.29 is 22.4 Å². The number of hydrogen-bond donors (Lipinski definition) is 1. The van der Waals surface area contributed by atoms with Crippen LogP contribution in [0.2, 0.25) is 5.02 Å². The molecule has 0 bridgehead atoms. The van der Waals surface area contributed by atoms with Crippen LogP contribution >= 0.6 is 11.6 Å². The minimum atomic E-state index is -3.85. The average molecular weight is 484 g/mol. The molecule has 2 rings (SSSR count). The van der Waals surface area contributed by atoms with Gasteiger partial charge in [0.1, 0.15) is 18.4 Å². The van der Waals surface area contributed by atoms with E-state index in [2.05, 4.69) is 5.32 Å². The number of nitrogens with one attached hydrogen (secondary N) is 1. The summed E-state index contributed by atoms with van der Waals surface area (Å²) >= 11 is 6.16. The van der Waals surface area contributed by atoms with Crippen LogP contribution in [0.3, 0.4) is 0 Å². The van der Waals surface area contributed by atoms with E-state index in [9.17, 15) is 22.4 Å². The lowest BCUT2D eigenvalue weighted by molar-refractivity contribution is -0.140. The summed E-state index contributed by atoms with van der Waals surface area (Å²) in [6.07, 6.45) is 1.31. The predicted molar refractivity (Wildman–Crippen MR) is 123 cm³/mol. The topological polar surface area (TPSA) is 86.8 Å². The molecule has 7 nitrogen and oxygen atoms in total. The van der Waals surface area contributed by atoms with Gasteiger partial charge in [-0.3, -0.25) is 13.9 Å². The highest BCUT2D eigenvalue weighted by atomic mass is 35.5. The van der Waals surface area contributed by atoms with E-state index in [1.165, 1.54) is 36.2 Å². The Morgan fingerprint density at radius 2 is 1.78 bits per heavy atom. The van der Waals surface area contributed by atoms with Crippen molar-refractivity contribution in [1.29, 1.82) is 0 Å². The van der Waals surface area contributed by atoms with E-state index >= 15 is 0 Å². The number of likely N-dealkylation sites (N-methyl/N-ethyl adjacent to an activating group) is 1. The minimum Gasteiger partial charge on any atom is -0.357 e. The summed E-state index contributed by atoms with van der Waals surface area (Å²) < 4.78 is 39.4. The minimum absolute atomic E-state index is 0.0111. The number of carbonyl (C=O) groups excluding carboxylic acids is 2. The summed E-state index contributed by atoms with van der Waals surface area (Å²) in [6.45, 7) is 2.90. The molecular weight excluding hydrogens is 457 g/mol. The van der Waals surface area contributed by atoms with Crippen molar-refractivity contribution in [3.8, 4) is 0 Å². The highest BCUT2D eigenvalue weighted by Gasteiger charge is 2.31. The van der Waals surface area contributed by atoms with Crippen LogP contribution in [0.5, 0.6) is 0 Å². The maximum Gasteiger partial charge on any atom is 0.244 e. The Labute approximate surface area is 193 Å². The first-order valence-electron chi connectivity index (χ1n) is 9.97. The fraction of sp³-hybridized carbons (Fsp3) is 0.364. The molecule has 2 amide bonds. The van der Waals surface area contributed by atoms with Crippen molar-refractivity contribution in [1.82, 2.24) is 10.2 Å². The van der Waals surface area contributed by atoms with Crippen molar-refractivity contribution in [2.45, 2.75) is 32.9 Å². The van der Waals surface area contributed by atoms with Crippen LogP contribution in [0, 0.1) is 12.7 Å². The van der Waals surface area contributed by atoms with E-state index in [-0.39, 0.29) is 18.1 Å². The number of anilines is 1. The van der Waals surface area contributed by atoms with Gasteiger partial charge in [0.2, 0.25) is 21.8 Å². The second kappa shape index (κ2) is 10.8. The molecule has 2 aromatic carbocycles. The van der Waals surface area contributed by atoms with E-state index in [0.29, 0.717) is 22.6 Å². The van der Waals surface area contributed by atoms with Gasteiger partial charge >= 0.3 is 0 Å². The van der Waals surface area contributed by atoms with Gasteiger partial charge in [-0.15, -0.1) is 0 Å². The molecule has 0 radical (unpaired) electrons. The van der Waals surface area contributed by atoms with Gasteiger partial charge in [0.25, 0.3) is 0 Å². The van der Waals surface area contributed by atoms with Crippen LogP contribution in [0.25, 0.3) is 0 Å². The molecule has 0 saturated carbocycles. The monoisotopic (exact) mass is 483 g/mol. The quantitative estimate of drug-likeness (QED) is 0.593. The number of rotatable bonds is 9. The first-order valence-corrected chi connectivity index (χ1v) is 12.2. The fourth-order valence-electron chi connectivity index (χ4n) is 3.33. The second-order valence-corrected chi connectivity index (χ2v) is 9.65. The molecule has 0 aromatic heterocycles. The van der Waals surface area contributed by atoms with Gasteiger partial charge < -0.3 is 10.2 Å². The molecule has 1 unspecified atom stereocenters. The number of nitrogens with zero attached hydrogens (tertiary/aromatic N) is 2. The first kappa shape index (κ1) is 25.6. The molecule has 10 heteroatoms. The van der Waals surface area contributed by atoms with Crippen LogP contribution in [-0.4, -0.2) is 51.0 Å². The molecule has 0 saturated heterocycles. The predicted octanol–water partition coefficient (Wildman–Crippen LogP) is 3.11. The maximum absolute atomic E-state index is 13.4. The number of benzene rings is 2. The highest BCUT2D eigenvalue weighted by molar-refractivity contribution is 7.92. The Balaban J connectivity index is 2.46. The lowest BCUT2D eigenvalue weighted by atomic mass is 10.1.